The Morgan fingerprint density at radius 1 is 1.33 bits per heavy atom. The molecule has 2 N–H and O–H groups in total. The van der Waals surface area contributed by atoms with Gasteiger partial charge >= 0.3 is 0 Å². The molecule has 0 amide bonds. The molecule has 1 aliphatic rings. The van der Waals surface area contributed by atoms with Gasteiger partial charge in [-0.1, -0.05) is 19.1 Å². The van der Waals surface area contributed by atoms with Gasteiger partial charge in [-0.3, -0.25) is 4.99 Å². The smallest absolute Gasteiger partial charge is 0.191 e. The van der Waals surface area contributed by atoms with Crippen LogP contribution in [-0.2, 0) is 11.2 Å². The third-order valence-electron chi connectivity index (χ3n) is 3.90. The summed E-state index contributed by atoms with van der Waals surface area (Å²) in [6, 6.07) is 8.32. The number of nitrogens with one attached hydrogen (secondary N) is 2. The lowest BCUT2D eigenvalue weighted by Gasteiger charge is -2.13. The maximum atomic E-state index is 5.69. The Hall–Kier alpha value is -1.75. The molecule has 1 aliphatic heterocycles. The summed E-state index contributed by atoms with van der Waals surface area (Å²) in [4.78, 5) is 4.63. The third-order valence-corrected chi connectivity index (χ3v) is 3.90. The van der Waals surface area contributed by atoms with E-state index in [-0.39, 0.29) is 6.10 Å². The van der Waals surface area contributed by atoms with Crippen LogP contribution in [0.15, 0.2) is 29.3 Å². The predicted octanol–water partition coefficient (Wildman–Crippen LogP) is 2.75. The lowest BCUT2D eigenvalue weighted by atomic mass is 10.1. The summed E-state index contributed by atoms with van der Waals surface area (Å²) in [6.07, 6.45) is 4.52. The van der Waals surface area contributed by atoms with Crippen LogP contribution in [0.2, 0.25) is 0 Å². The highest BCUT2D eigenvalue weighted by Crippen LogP contribution is 2.14. The zero-order valence-corrected chi connectivity index (χ0v) is 15.0. The Morgan fingerprint density at radius 3 is 3.00 bits per heavy atom. The average molecular weight is 333 g/mol. The van der Waals surface area contributed by atoms with Gasteiger partial charge in [0.05, 0.1) is 19.3 Å². The Bertz CT molecular complexity index is 499. The topological polar surface area (TPSA) is 54.9 Å². The number of guanidine groups is 1. The summed E-state index contributed by atoms with van der Waals surface area (Å²) in [5.74, 6) is 1.82. The molecule has 0 aliphatic carbocycles. The Labute approximate surface area is 145 Å². The van der Waals surface area contributed by atoms with Gasteiger partial charge in [0.15, 0.2) is 5.96 Å². The molecule has 1 fully saturated rings. The van der Waals surface area contributed by atoms with Gasteiger partial charge in [-0.2, -0.15) is 0 Å². The maximum absolute atomic E-state index is 5.69. The number of nitrogens with zero attached hydrogens (tertiary/aromatic N) is 1. The van der Waals surface area contributed by atoms with Crippen molar-refractivity contribution in [1.82, 2.24) is 10.6 Å². The van der Waals surface area contributed by atoms with Gasteiger partial charge in [-0.15, -0.1) is 0 Å². The quantitative estimate of drug-likeness (QED) is 0.539. The zero-order chi connectivity index (χ0) is 17.0. The van der Waals surface area contributed by atoms with Gasteiger partial charge in [-0.05, 0) is 50.3 Å². The van der Waals surface area contributed by atoms with Gasteiger partial charge in [-0.25, -0.2) is 0 Å². The van der Waals surface area contributed by atoms with Crippen molar-refractivity contribution in [1.29, 1.82) is 0 Å². The van der Waals surface area contributed by atoms with Crippen LogP contribution in [0.3, 0.4) is 0 Å². The molecule has 1 aromatic rings. The number of rotatable bonds is 9. The molecule has 0 spiro atoms. The second kappa shape index (κ2) is 10.9. The van der Waals surface area contributed by atoms with Crippen molar-refractivity contribution in [3.8, 4) is 5.75 Å². The molecule has 1 atom stereocenters. The maximum Gasteiger partial charge on any atom is 0.191 e. The fraction of sp³-hybridized carbons (Fsp3) is 0.632. The third kappa shape index (κ3) is 6.79. The minimum Gasteiger partial charge on any atom is -0.494 e. The molecule has 1 saturated heterocycles. The van der Waals surface area contributed by atoms with Crippen molar-refractivity contribution in [2.45, 2.75) is 45.6 Å². The second-order valence-corrected chi connectivity index (χ2v) is 6.03. The van der Waals surface area contributed by atoms with Gasteiger partial charge in [0.25, 0.3) is 0 Å². The summed E-state index contributed by atoms with van der Waals surface area (Å²) < 4.78 is 11.3. The summed E-state index contributed by atoms with van der Waals surface area (Å²) >= 11 is 0. The first-order valence-electron chi connectivity index (χ1n) is 9.17. The molecule has 0 saturated carbocycles. The van der Waals surface area contributed by atoms with Crippen LogP contribution in [-0.4, -0.2) is 44.9 Å². The van der Waals surface area contributed by atoms with Crippen LogP contribution in [0.4, 0.5) is 0 Å². The molecule has 24 heavy (non-hydrogen) atoms. The highest BCUT2D eigenvalue weighted by atomic mass is 16.5. The first kappa shape index (κ1) is 18.6. The van der Waals surface area contributed by atoms with E-state index in [2.05, 4.69) is 47.7 Å². The first-order chi connectivity index (χ1) is 11.8. The fourth-order valence-electron chi connectivity index (χ4n) is 2.66. The van der Waals surface area contributed by atoms with Crippen molar-refractivity contribution in [3.63, 3.8) is 0 Å². The molecule has 5 nitrogen and oxygen atoms in total. The van der Waals surface area contributed by atoms with Gasteiger partial charge in [0, 0.05) is 19.7 Å². The minimum atomic E-state index is 0.285. The molecule has 2 rings (SSSR count). The summed E-state index contributed by atoms with van der Waals surface area (Å²) in [7, 11) is 0. The number of hydrogen-bond acceptors (Lipinski definition) is 3. The Balaban J connectivity index is 1.77. The molecule has 5 heteroatoms. The monoisotopic (exact) mass is 333 g/mol. The van der Waals surface area contributed by atoms with E-state index in [1.165, 1.54) is 5.56 Å². The Kier molecular flexibility index (Phi) is 8.46. The van der Waals surface area contributed by atoms with Crippen molar-refractivity contribution < 1.29 is 9.47 Å². The standard InChI is InChI=1S/C19H31N3O2/c1-3-12-23-17-8-5-7-16(14-17)10-11-21-19(20-4-2)22-15-18-9-6-13-24-18/h5,7-8,14,18H,3-4,6,9-13,15H2,1-2H3,(H2,20,21,22). The number of hydrogen-bond donors (Lipinski definition) is 2. The van der Waals surface area contributed by atoms with Gasteiger partial charge in [0.2, 0.25) is 0 Å². The summed E-state index contributed by atoms with van der Waals surface area (Å²) in [6.45, 7) is 8.27. The fourth-order valence-corrected chi connectivity index (χ4v) is 2.66. The van der Waals surface area contributed by atoms with E-state index in [4.69, 9.17) is 9.47 Å². The Morgan fingerprint density at radius 2 is 2.25 bits per heavy atom. The summed E-state index contributed by atoms with van der Waals surface area (Å²) in [5.41, 5.74) is 1.27. The molecule has 0 bridgehead atoms. The van der Waals surface area contributed by atoms with E-state index in [1.807, 2.05) is 6.07 Å². The van der Waals surface area contributed by atoms with Crippen LogP contribution in [0.5, 0.6) is 5.75 Å². The van der Waals surface area contributed by atoms with E-state index in [9.17, 15) is 0 Å². The van der Waals surface area contributed by atoms with E-state index in [0.29, 0.717) is 0 Å². The molecule has 0 radical (unpaired) electrons. The lowest BCUT2D eigenvalue weighted by molar-refractivity contribution is 0.117. The normalized spacial score (nSPS) is 17.8. The highest BCUT2D eigenvalue weighted by molar-refractivity contribution is 5.79. The van der Waals surface area contributed by atoms with Gasteiger partial charge < -0.3 is 20.1 Å². The van der Waals surface area contributed by atoms with Crippen LogP contribution >= 0.6 is 0 Å². The van der Waals surface area contributed by atoms with Crippen LogP contribution < -0.4 is 15.4 Å². The van der Waals surface area contributed by atoms with E-state index >= 15 is 0 Å². The minimum absolute atomic E-state index is 0.285. The van der Waals surface area contributed by atoms with Crippen molar-refractivity contribution in [2.75, 3.05) is 32.8 Å². The van der Waals surface area contributed by atoms with Crippen LogP contribution in [0.25, 0.3) is 0 Å². The average Bonchev–Trinajstić information content (AvgIpc) is 3.12. The van der Waals surface area contributed by atoms with Crippen molar-refractivity contribution >= 4 is 5.96 Å². The largest absolute Gasteiger partial charge is 0.494 e. The summed E-state index contributed by atoms with van der Waals surface area (Å²) in [5, 5.41) is 6.69. The predicted molar refractivity (Wildman–Crippen MR) is 98.9 cm³/mol. The molecule has 1 heterocycles. The molecular weight excluding hydrogens is 302 g/mol. The zero-order valence-electron chi connectivity index (χ0n) is 15.0. The second-order valence-electron chi connectivity index (χ2n) is 6.03. The molecule has 1 aromatic carbocycles. The number of aliphatic imine (C=N–C) groups is 1. The molecule has 134 valence electrons. The van der Waals surface area contributed by atoms with E-state index in [1.54, 1.807) is 0 Å². The number of ether oxygens (including phenoxy) is 2. The lowest BCUT2D eigenvalue weighted by Crippen LogP contribution is -2.38. The molecule has 1 unspecified atom stereocenters. The highest BCUT2D eigenvalue weighted by Gasteiger charge is 2.14. The van der Waals surface area contributed by atoms with Crippen LogP contribution in [0, 0.1) is 0 Å². The van der Waals surface area contributed by atoms with E-state index in [0.717, 1.165) is 70.2 Å². The van der Waals surface area contributed by atoms with Crippen molar-refractivity contribution in [2.24, 2.45) is 4.99 Å². The van der Waals surface area contributed by atoms with Crippen LogP contribution in [0.1, 0.15) is 38.7 Å². The van der Waals surface area contributed by atoms with E-state index < -0.39 is 0 Å². The SMILES string of the molecule is CCCOc1cccc(CCNC(=NCC2CCCO2)NCC)c1. The van der Waals surface area contributed by atoms with Crippen molar-refractivity contribution in [3.05, 3.63) is 29.8 Å². The molecular formula is C19H31N3O2. The molecule has 0 aromatic heterocycles. The van der Waals surface area contributed by atoms with Gasteiger partial charge in [0.1, 0.15) is 5.75 Å². The number of benzene rings is 1. The first-order valence-corrected chi connectivity index (χ1v) is 9.17.